The molecule has 0 radical (unpaired) electrons. The van der Waals surface area contributed by atoms with E-state index >= 15 is 0 Å². The minimum Gasteiger partial charge on any atom is -0.495 e. The number of sulfone groups is 1. The molecule has 2 aliphatic rings. The van der Waals surface area contributed by atoms with Crippen molar-refractivity contribution >= 4 is 50.0 Å². The molecule has 0 aliphatic carbocycles. The number of hydrogen-bond donors (Lipinski definition) is 0. The lowest BCUT2D eigenvalue weighted by molar-refractivity contribution is 0.100. The summed E-state index contributed by atoms with van der Waals surface area (Å²) >= 11 is 7.64. The maximum absolute atomic E-state index is 12.7. The SMILES string of the molecule is COc1cc(OC)c(N2C(=NC(=O)c3ccccc3)S[C@@H]3CS(=O)(=O)C[C@H]32)cc1Cl. The predicted octanol–water partition coefficient (Wildman–Crippen LogP) is 3.27. The van der Waals surface area contributed by atoms with E-state index in [-0.39, 0.29) is 22.8 Å². The Labute approximate surface area is 183 Å². The molecule has 2 fully saturated rings. The second-order valence-corrected chi connectivity index (χ2v) is 10.7. The summed E-state index contributed by atoms with van der Waals surface area (Å²) in [5.74, 6) is 0.476. The Bertz CT molecular complexity index is 1120. The van der Waals surface area contributed by atoms with Gasteiger partial charge in [0.15, 0.2) is 15.0 Å². The highest BCUT2D eigenvalue weighted by Crippen LogP contribution is 2.46. The summed E-state index contributed by atoms with van der Waals surface area (Å²) in [6.45, 7) is 0. The van der Waals surface area contributed by atoms with Crippen molar-refractivity contribution in [1.29, 1.82) is 0 Å². The van der Waals surface area contributed by atoms with Crippen LogP contribution in [0.2, 0.25) is 5.02 Å². The van der Waals surface area contributed by atoms with Gasteiger partial charge in [-0.05, 0) is 18.2 Å². The van der Waals surface area contributed by atoms with Crippen LogP contribution in [0.15, 0.2) is 47.5 Å². The second-order valence-electron chi connectivity index (χ2n) is 6.89. The largest absolute Gasteiger partial charge is 0.495 e. The molecule has 1 amide bonds. The lowest BCUT2D eigenvalue weighted by Gasteiger charge is -2.26. The number of benzene rings is 2. The topological polar surface area (TPSA) is 85.3 Å². The van der Waals surface area contributed by atoms with Crippen LogP contribution in [0.4, 0.5) is 5.69 Å². The number of anilines is 1. The minimum absolute atomic E-state index is 0.0313. The average molecular weight is 467 g/mol. The van der Waals surface area contributed by atoms with Gasteiger partial charge in [0.1, 0.15) is 11.5 Å². The smallest absolute Gasteiger partial charge is 0.279 e. The first kappa shape index (κ1) is 21.0. The van der Waals surface area contributed by atoms with Crippen molar-refractivity contribution in [2.75, 3.05) is 30.6 Å². The first-order valence-electron chi connectivity index (χ1n) is 9.09. The molecule has 0 aromatic heterocycles. The van der Waals surface area contributed by atoms with E-state index in [9.17, 15) is 13.2 Å². The molecule has 0 saturated carbocycles. The number of thioether (sulfide) groups is 1. The van der Waals surface area contributed by atoms with Crippen LogP contribution in [0, 0.1) is 0 Å². The Kier molecular flexibility index (Phi) is 5.69. The van der Waals surface area contributed by atoms with Crippen LogP contribution in [-0.4, -0.2) is 56.5 Å². The first-order chi connectivity index (χ1) is 14.3. The maximum atomic E-state index is 12.7. The number of nitrogens with zero attached hydrogens (tertiary/aromatic N) is 2. The molecular formula is C20H19ClN2O5S2. The van der Waals surface area contributed by atoms with Gasteiger partial charge in [0, 0.05) is 16.9 Å². The molecule has 0 spiro atoms. The van der Waals surface area contributed by atoms with Gasteiger partial charge in [-0.25, -0.2) is 8.42 Å². The normalized spacial score (nSPS) is 23.4. The number of rotatable bonds is 4. The fraction of sp³-hybridized carbons (Fsp3) is 0.300. The number of aliphatic imine (C=N–C) groups is 1. The van der Waals surface area contributed by atoms with Crippen molar-refractivity contribution in [1.82, 2.24) is 0 Å². The van der Waals surface area contributed by atoms with E-state index in [1.807, 2.05) is 6.07 Å². The lowest BCUT2D eigenvalue weighted by Crippen LogP contribution is -2.38. The molecule has 158 valence electrons. The monoisotopic (exact) mass is 466 g/mol. The molecule has 4 rings (SSSR count). The third kappa shape index (κ3) is 3.89. The average Bonchev–Trinajstić information content (AvgIpc) is 3.19. The summed E-state index contributed by atoms with van der Waals surface area (Å²) in [7, 11) is -0.193. The van der Waals surface area contributed by atoms with Gasteiger partial charge in [0.2, 0.25) is 0 Å². The summed E-state index contributed by atoms with van der Waals surface area (Å²) in [4.78, 5) is 18.8. The quantitative estimate of drug-likeness (QED) is 0.683. The molecule has 2 aromatic rings. The summed E-state index contributed by atoms with van der Waals surface area (Å²) in [5.41, 5.74) is 0.995. The van der Waals surface area contributed by atoms with Gasteiger partial charge < -0.3 is 14.4 Å². The number of hydrogen-bond acceptors (Lipinski definition) is 6. The van der Waals surface area contributed by atoms with Crippen LogP contribution >= 0.6 is 23.4 Å². The molecule has 2 aromatic carbocycles. The highest BCUT2D eigenvalue weighted by atomic mass is 35.5. The highest BCUT2D eigenvalue weighted by molar-refractivity contribution is 8.16. The molecule has 0 unspecified atom stereocenters. The fourth-order valence-electron chi connectivity index (χ4n) is 3.61. The van der Waals surface area contributed by atoms with E-state index < -0.39 is 15.7 Å². The molecule has 7 nitrogen and oxygen atoms in total. The molecule has 2 heterocycles. The van der Waals surface area contributed by atoms with Gasteiger partial charge in [-0.1, -0.05) is 41.6 Å². The number of carbonyl (C=O) groups is 1. The maximum Gasteiger partial charge on any atom is 0.279 e. The van der Waals surface area contributed by atoms with Crippen LogP contribution in [0.1, 0.15) is 10.4 Å². The number of halogens is 1. The molecule has 10 heteroatoms. The molecule has 2 aliphatic heterocycles. The molecule has 30 heavy (non-hydrogen) atoms. The van der Waals surface area contributed by atoms with E-state index in [2.05, 4.69) is 4.99 Å². The summed E-state index contributed by atoms with van der Waals surface area (Å²) in [5, 5.41) is 0.535. The summed E-state index contributed by atoms with van der Waals surface area (Å²) in [6, 6.07) is 11.6. The molecular weight excluding hydrogens is 448 g/mol. The van der Waals surface area contributed by atoms with Gasteiger partial charge in [-0.3, -0.25) is 4.79 Å². The molecule has 0 N–H and O–H groups in total. The number of fused-ring (bicyclic) bond motifs is 1. The second kappa shape index (κ2) is 8.13. The third-order valence-corrected chi connectivity index (χ3v) is 8.50. The zero-order valence-electron chi connectivity index (χ0n) is 16.2. The number of amidine groups is 1. The van der Waals surface area contributed by atoms with Gasteiger partial charge in [0.25, 0.3) is 5.91 Å². The van der Waals surface area contributed by atoms with Crippen molar-refractivity contribution in [2.24, 2.45) is 4.99 Å². The van der Waals surface area contributed by atoms with Crippen LogP contribution in [0.25, 0.3) is 0 Å². The molecule has 2 saturated heterocycles. The van der Waals surface area contributed by atoms with E-state index in [0.717, 1.165) is 0 Å². The van der Waals surface area contributed by atoms with Gasteiger partial charge in [-0.2, -0.15) is 4.99 Å². The number of carbonyl (C=O) groups excluding carboxylic acids is 1. The molecule has 2 atom stereocenters. The van der Waals surface area contributed by atoms with Crippen LogP contribution in [0.5, 0.6) is 11.5 Å². The van der Waals surface area contributed by atoms with Crippen LogP contribution in [-0.2, 0) is 9.84 Å². The van der Waals surface area contributed by atoms with Gasteiger partial charge in [0.05, 0.1) is 42.5 Å². The Morgan fingerprint density at radius 3 is 2.50 bits per heavy atom. The molecule has 0 bridgehead atoms. The lowest BCUT2D eigenvalue weighted by atomic mass is 10.1. The van der Waals surface area contributed by atoms with Gasteiger partial charge in [-0.15, -0.1) is 0 Å². The first-order valence-corrected chi connectivity index (χ1v) is 12.2. The number of amides is 1. The zero-order chi connectivity index (χ0) is 21.5. The Morgan fingerprint density at radius 2 is 1.83 bits per heavy atom. The van der Waals surface area contributed by atoms with E-state index in [0.29, 0.717) is 32.9 Å². The van der Waals surface area contributed by atoms with Crippen molar-refractivity contribution in [3.8, 4) is 11.5 Å². The Morgan fingerprint density at radius 1 is 1.13 bits per heavy atom. The standard InChI is InChI=1S/C20H19ClN2O5S2/c1-27-16-9-17(28-2)14(8-13(16)21)23-15-10-30(25,26)11-18(15)29-20(23)22-19(24)12-6-4-3-5-7-12/h3-9,15,18H,10-11H2,1-2H3/t15-,18-/m1/s1. The zero-order valence-corrected chi connectivity index (χ0v) is 18.6. The minimum atomic E-state index is -3.19. The van der Waals surface area contributed by atoms with E-state index in [1.165, 1.54) is 26.0 Å². The summed E-state index contributed by atoms with van der Waals surface area (Å²) < 4.78 is 35.3. The van der Waals surface area contributed by atoms with Crippen molar-refractivity contribution in [2.45, 2.75) is 11.3 Å². The van der Waals surface area contributed by atoms with Crippen LogP contribution in [0.3, 0.4) is 0 Å². The van der Waals surface area contributed by atoms with E-state index in [4.69, 9.17) is 21.1 Å². The fourth-order valence-corrected chi connectivity index (χ4v) is 7.75. The van der Waals surface area contributed by atoms with E-state index in [1.54, 1.807) is 41.3 Å². The third-order valence-electron chi connectivity index (χ3n) is 5.00. The summed E-state index contributed by atoms with van der Waals surface area (Å²) in [6.07, 6.45) is 0. The van der Waals surface area contributed by atoms with Crippen molar-refractivity contribution < 1.29 is 22.7 Å². The van der Waals surface area contributed by atoms with Crippen LogP contribution < -0.4 is 14.4 Å². The van der Waals surface area contributed by atoms with Gasteiger partial charge >= 0.3 is 0 Å². The predicted molar refractivity (Wildman–Crippen MR) is 119 cm³/mol. The number of methoxy groups -OCH3 is 2. The highest BCUT2D eigenvalue weighted by Gasteiger charge is 2.50. The Balaban J connectivity index is 1.81. The Hall–Kier alpha value is -2.23. The van der Waals surface area contributed by atoms with Crippen molar-refractivity contribution in [3.05, 3.63) is 53.1 Å². The van der Waals surface area contributed by atoms with Crippen molar-refractivity contribution in [3.63, 3.8) is 0 Å². The number of ether oxygens (including phenoxy) is 2.